The summed E-state index contributed by atoms with van der Waals surface area (Å²) in [4.78, 5) is 42.4. The maximum absolute atomic E-state index is 14.1. The number of rotatable bonds is 11. The van der Waals surface area contributed by atoms with Crippen molar-refractivity contribution < 1.29 is 19.1 Å². The van der Waals surface area contributed by atoms with Crippen LogP contribution in [0, 0.1) is 5.41 Å². The van der Waals surface area contributed by atoms with Gasteiger partial charge >= 0.3 is 0 Å². The molecule has 3 aliphatic rings. The summed E-state index contributed by atoms with van der Waals surface area (Å²) in [6, 6.07) is 18.1. The minimum Gasteiger partial charge on any atom is -0.475 e. The Morgan fingerprint density at radius 2 is 1.79 bits per heavy atom. The lowest BCUT2D eigenvalue weighted by Crippen LogP contribution is -2.43. The first-order valence-electron chi connectivity index (χ1n) is 18.4. The number of nitrogens with one attached hydrogen (secondary N) is 1. The van der Waals surface area contributed by atoms with Crippen molar-refractivity contribution >= 4 is 34.0 Å². The first-order chi connectivity index (χ1) is 25.8. The second-order valence-electron chi connectivity index (χ2n) is 14.5. The van der Waals surface area contributed by atoms with Crippen LogP contribution in [0.4, 0.5) is 5.69 Å². The summed E-state index contributed by atoms with van der Waals surface area (Å²) in [5.74, 6) is 1.51. The Morgan fingerprint density at radius 3 is 2.55 bits per heavy atom. The van der Waals surface area contributed by atoms with Gasteiger partial charge in [-0.3, -0.25) is 24.3 Å². The number of methoxy groups -OCH3 is 1. The molecular formula is C40H45N9O4. The molecule has 13 nitrogen and oxygen atoms in total. The highest BCUT2D eigenvalue weighted by molar-refractivity contribution is 6.03. The summed E-state index contributed by atoms with van der Waals surface area (Å²) in [6.07, 6.45) is 8.02. The molecule has 3 aromatic heterocycles. The molecule has 53 heavy (non-hydrogen) atoms. The van der Waals surface area contributed by atoms with Gasteiger partial charge in [-0.05, 0) is 75.1 Å². The zero-order chi connectivity index (χ0) is 36.5. The molecule has 1 N–H and O–H groups in total. The van der Waals surface area contributed by atoms with Gasteiger partial charge in [0.05, 0.1) is 36.7 Å². The predicted molar refractivity (Wildman–Crippen MR) is 202 cm³/mol. The maximum Gasteiger partial charge on any atom is 0.237 e. The van der Waals surface area contributed by atoms with E-state index in [-0.39, 0.29) is 17.9 Å². The number of fused-ring (bicyclic) bond motifs is 1. The Hall–Kier alpha value is -5.40. The minimum atomic E-state index is -0.469. The molecule has 0 aliphatic carbocycles. The van der Waals surface area contributed by atoms with E-state index in [2.05, 4.69) is 48.4 Å². The van der Waals surface area contributed by atoms with Crippen LogP contribution in [0.5, 0.6) is 5.88 Å². The number of hydrogen-bond acceptors (Lipinski definition) is 9. The Morgan fingerprint density at radius 1 is 0.981 bits per heavy atom. The third-order valence-corrected chi connectivity index (χ3v) is 10.7. The molecule has 1 spiro atoms. The van der Waals surface area contributed by atoms with Crippen molar-refractivity contribution in [2.75, 3.05) is 57.9 Å². The maximum atomic E-state index is 14.1. The molecule has 2 saturated heterocycles. The third kappa shape index (κ3) is 7.06. The van der Waals surface area contributed by atoms with Crippen molar-refractivity contribution in [2.24, 2.45) is 5.41 Å². The van der Waals surface area contributed by atoms with Crippen LogP contribution in [-0.2, 0) is 20.9 Å². The topological polar surface area (TPSA) is 135 Å². The van der Waals surface area contributed by atoms with E-state index in [9.17, 15) is 9.59 Å². The van der Waals surface area contributed by atoms with Crippen LogP contribution in [0.25, 0.3) is 39.1 Å². The summed E-state index contributed by atoms with van der Waals surface area (Å²) in [6.45, 7) is 8.76. The molecule has 8 rings (SSSR count). The van der Waals surface area contributed by atoms with Crippen molar-refractivity contribution in [1.29, 1.82) is 0 Å². The van der Waals surface area contributed by atoms with Crippen LogP contribution < -0.4 is 9.64 Å². The number of pyridine rings is 1. The number of carbonyl (C=O) groups is 2. The third-order valence-electron chi connectivity index (χ3n) is 10.7. The van der Waals surface area contributed by atoms with Gasteiger partial charge in [0.2, 0.25) is 17.7 Å². The van der Waals surface area contributed by atoms with E-state index in [4.69, 9.17) is 9.47 Å². The van der Waals surface area contributed by atoms with E-state index in [1.807, 2.05) is 66.1 Å². The molecule has 6 heterocycles. The number of aromatic amines is 1. The summed E-state index contributed by atoms with van der Waals surface area (Å²) >= 11 is 0. The molecular weight excluding hydrogens is 670 g/mol. The van der Waals surface area contributed by atoms with Gasteiger partial charge in [-0.2, -0.15) is 10.2 Å². The quantitative estimate of drug-likeness (QED) is 0.199. The fraction of sp³-hybridized carbons (Fsp3) is 0.400. The van der Waals surface area contributed by atoms with E-state index in [0.717, 1.165) is 64.8 Å². The predicted octanol–water partition coefficient (Wildman–Crippen LogP) is 5.06. The molecule has 2 fully saturated rings. The monoisotopic (exact) mass is 715 g/mol. The fourth-order valence-electron chi connectivity index (χ4n) is 7.76. The molecule has 5 aromatic rings. The Labute approximate surface area is 308 Å². The highest BCUT2D eigenvalue weighted by atomic mass is 16.5. The van der Waals surface area contributed by atoms with Crippen LogP contribution in [0.3, 0.4) is 0 Å². The van der Waals surface area contributed by atoms with E-state index < -0.39 is 5.41 Å². The number of benzene rings is 2. The molecule has 2 amide bonds. The fourth-order valence-corrected chi connectivity index (χ4v) is 7.76. The molecule has 0 saturated carbocycles. The second-order valence-corrected chi connectivity index (χ2v) is 14.5. The van der Waals surface area contributed by atoms with Crippen LogP contribution in [-0.4, -0.2) is 111 Å². The highest BCUT2D eigenvalue weighted by Crippen LogP contribution is 2.43. The van der Waals surface area contributed by atoms with Crippen molar-refractivity contribution in [3.63, 3.8) is 0 Å². The highest BCUT2D eigenvalue weighted by Gasteiger charge is 2.51. The number of H-pyrrole nitrogens is 1. The molecule has 274 valence electrons. The van der Waals surface area contributed by atoms with Gasteiger partial charge in [-0.25, -0.2) is 9.97 Å². The molecule has 3 aliphatic heterocycles. The van der Waals surface area contributed by atoms with Crippen LogP contribution in [0.2, 0.25) is 0 Å². The Kier molecular flexibility index (Phi) is 9.52. The number of amides is 2. The number of anilines is 1. The average Bonchev–Trinajstić information content (AvgIpc) is 3.98. The standard InChI is InChI=1S/C40H45N9O4/c1-27(2)53-35-11-8-31(23-41-35)37-33-22-32(9-10-34(33)43-44-37)49-19-15-40(39(49)51)14-18-46(25-40)24-36(50)47-16-12-29(13-17-47)28-4-6-30(7-5-28)38-42-26-48(45-38)20-21-52-3/h4-12,22-23,26-27H,13-21,24-25H2,1-3H3,(H,43,44)/t40-/m0/s1. The normalized spacial score (nSPS) is 19.2. The summed E-state index contributed by atoms with van der Waals surface area (Å²) in [7, 11) is 1.67. The van der Waals surface area contributed by atoms with Gasteiger partial charge in [-0.15, -0.1) is 0 Å². The van der Waals surface area contributed by atoms with Gasteiger partial charge in [0.1, 0.15) is 12.0 Å². The molecule has 0 bridgehead atoms. The number of carbonyl (C=O) groups excluding carboxylic acids is 2. The zero-order valence-electron chi connectivity index (χ0n) is 30.5. The van der Waals surface area contributed by atoms with Gasteiger partial charge < -0.3 is 19.3 Å². The van der Waals surface area contributed by atoms with Crippen molar-refractivity contribution in [3.8, 4) is 28.5 Å². The number of hydrogen-bond donors (Lipinski definition) is 1. The number of nitrogens with zero attached hydrogens (tertiary/aromatic N) is 8. The second kappa shape index (κ2) is 14.6. The van der Waals surface area contributed by atoms with Crippen LogP contribution in [0.1, 0.15) is 38.7 Å². The zero-order valence-corrected chi connectivity index (χ0v) is 30.5. The van der Waals surface area contributed by atoms with Crippen LogP contribution in [0.15, 0.2) is 73.2 Å². The lowest BCUT2D eigenvalue weighted by molar-refractivity contribution is -0.132. The smallest absolute Gasteiger partial charge is 0.237 e. The van der Waals surface area contributed by atoms with E-state index >= 15 is 0 Å². The molecule has 13 heteroatoms. The van der Waals surface area contributed by atoms with Gasteiger partial charge in [-0.1, -0.05) is 30.3 Å². The van der Waals surface area contributed by atoms with Crippen molar-refractivity contribution in [1.82, 2.24) is 39.7 Å². The summed E-state index contributed by atoms with van der Waals surface area (Å²) in [5, 5.41) is 13.2. The number of ether oxygens (including phenoxy) is 2. The summed E-state index contributed by atoms with van der Waals surface area (Å²) in [5.41, 5.74) is 6.29. The molecule has 0 radical (unpaired) electrons. The Balaban J connectivity index is 0.868. The van der Waals surface area contributed by atoms with Gasteiger partial charge in [0.25, 0.3) is 0 Å². The SMILES string of the molecule is COCCn1cnc(-c2ccc(C3=CCN(C(=O)CN4CC[C@]5(CCN(c6ccc7[nH]nc(-c8ccc(OC(C)C)nc8)c7c6)C5=O)C4)CC3)cc2)n1. The number of aromatic nitrogens is 6. The van der Waals surface area contributed by atoms with Gasteiger partial charge in [0, 0.05) is 67.8 Å². The lowest BCUT2D eigenvalue weighted by Gasteiger charge is -2.29. The molecule has 1 atom stereocenters. The van der Waals surface area contributed by atoms with E-state index in [1.165, 1.54) is 5.57 Å². The van der Waals surface area contributed by atoms with E-state index in [1.54, 1.807) is 24.3 Å². The summed E-state index contributed by atoms with van der Waals surface area (Å²) < 4.78 is 12.6. The minimum absolute atomic E-state index is 0.0429. The van der Waals surface area contributed by atoms with Crippen LogP contribution >= 0.6 is 0 Å². The lowest BCUT2D eigenvalue weighted by atomic mass is 9.85. The molecule has 0 unspecified atom stereocenters. The first-order valence-corrected chi connectivity index (χ1v) is 18.4. The Bertz CT molecular complexity index is 2140. The first kappa shape index (κ1) is 34.7. The number of likely N-dealkylation sites (tertiary alicyclic amines) is 1. The molecule has 2 aromatic carbocycles. The van der Waals surface area contributed by atoms with Crippen molar-refractivity contribution in [2.45, 2.75) is 45.8 Å². The van der Waals surface area contributed by atoms with Gasteiger partial charge in [0.15, 0.2) is 5.82 Å². The largest absolute Gasteiger partial charge is 0.475 e. The van der Waals surface area contributed by atoms with E-state index in [0.29, 0.717) is 57.6 Å². The van der Waals surface area contributed by atoms with Crippen molar-refractivity contribution in [3.05, 3.63) is 78.8 Å². The average molecular weight is 716 g/mol.